The molecule has 1 aromatic rings. The largest absolute Gasteiger partial charge is 0.379 e. The molecule has 6 nitrogen and oxygen atoms in total. The van der Waals surface area contributed by atoms with E-state index in [1.54, 1.807) is 14.2 Å². The summed E-state index contributed by atoms with van der Waals surface area (Å²) in [6.45, 7) is 2.00. The number of rotatable bonds is 7. The van der Waals surface area contributed by atoms with Gasteiger partial charge in [0.15, 0.2) is 6.29 Å². The van der Waals surface area contributed by atoms with E-state index in [0.717, 1.165) is 24.8 Å². The molecule has 5 atom stereocenters. The van der Waals surface area contributed by atoms with Crippen LogP contribution in [0.1, 0.15) is 36.5 Å². The van der Waals surface area contributed by atoms with E-state index in [1.165, 1.54) is 17.3 Å². The van der Waals surface area contributed by atoms with Gasteiger partial charge in [-0.2, -0.15) is 0 Å². The van der Waals surface area contributed by atoms with Crippen LogP contribution in [0.5, 0.6) is 0 Å². The van der Waals surface area contributed by atoms with E-state index in [-0.39, 0.29) is 24.4 Å². The molecule has 0 saturated carbocycles. The molecule has 26 heavy (non-hydrogen) atoms. The fourth-order valence-electron chi connectivity index (χ4n) is 3.80. The Balaban J connectivity index is 1.64. The third-order valence-electron chi connectivity index (χ3n) is 5.33. The molecule has 0 amide bonds. The van der Waals surface area contributed by atoms with Gasteiger partial charge in [0.05, 0.1) is 18.3 Å². The van der Waals surface area contributed by atoms with Gasteiger partial charge in [0.25, 0.3) is 0 Å². The van der Waals surface area contributed by atoms with Crippen molar-refractivity contribution in [3.8, 4) is 0 Å². The van der Waals surface area contributed by atoms with Crippen LogP contribution in [0.3, 0.4) is 0 Å². The van der Waals surface area contributed by atoms with Crippen LogP contribution in [-0.2, 0) is 31.8 Å². The molecule has 0 radical (unpaired) electrons. The summed E-state index contributed by atoms with van der Waals surface area (Å²) in [6.07, 6.45) is 3.52. The van der Waals surface area contributed by atoms with Crippen LogP contribution in [0, 0.1) is 10.8 Å². The Morgan fingerprint density at radius 1 is 1.19 bits per heavy atom. The molecule has 5 unspecified atom stereocenters. The Kier molecular flexibility index (Phi) is 6.19. The van der Waals surface area contributed by atoms with Crippen LogP contribution in [-0.4, -0.2) is 56.9 Å². The lowest BCUT2D eigenvalue weighted by atomic mass is 10.0. The molecule has 1 aliphatic heterocycles. The van der Waals surface area contributed by atoms with Gasteiger partial charge in [0.2, 0.25) is 0 Å². The van der Waals surface area contributed by atoms with Gasteiger partial charge in [-0.1, -0.05) is 12.1 Å². The number of ether oxygens (including phenoxy) is 4. The third-order valence-corrected chi connectivity index (χ3v) is 5.33. The smallest absolute Gasteiger partial charge is 0.184 e. The van der Waals surface area contributed by atoms with Crippen molar-refractivity contribution in [1.82, 2.24) is 0 Å². The average molecular weight is 360 g/mol. The highest BCUT2D eigenvalue weighted by molar-refractivity contribution is 6.05. The molecule has 1 aromatic carbocycles. The third kappa shape index (κ3) is 4.04. The first-order chi connectivity index (χ1) is 12.5. The van der Waals surface area contributed by atoms with Gasteiger partial charge in [-0.15, -0.1) is 0 Å². The fraction of sp³-hybridized carbons (Fsp3) is 0.600. The molecule has 3 rings (SSSR count). The van der Waals surface area contributed by atoms with Crippen molar-refractivity contribution in [3.05, 3.63) is 34.9 Å². The summed E-state index contributed by atoms with van der Waals surface area (Å²) in [5.74, 6) is 0. The second kappa shape index (κ2) is 8.39. The van der Waals surface area contributed by atoms with Gasteiger partial charge in [-0.25, -0.2) is 0 Å². The van der Waals surface area contributed by atoms with Crippen molar-refractivity contribution in [2.24, 2.45) is 0 Å². The summed E-state index contributed by atoms with van der Waals surface area (Å²) >= 11 is 0. The molecule has 1 fully saturated rings. The van der Waals surface area contributed by atoms with Crippen molar-refractivity contribution < 1.29 is 18.9 Å². The monoisotopic (exact) mass is 360 g/mol. The van der Waals surface area contributed by atoms with E-state index in [2.05, 4.69) is 12.1 Å². The predicted octanol–water partition coefficient (Wildman–Crippen LogP) is 2.74. The van der Waals surface area contributed by atoms with Crippen molar-refractivity contribution in [2.75, 3.05) is 14.2 Å². The zero-order valence-corrected chi connectivity index (χ0v) is 15.7. The molecule has 2 N–H and O–H groups in total. The average Bonchev–Trinajstić information content (AvgIpc) is 3.03. The second-order valence-electron chi connectivity index (χ2n) is 7.03. The quantitative estimate of drug-likeness (QED) is 0.732. The van der Waals surface area contributed by atoms with E-state index in [9.17, 15) is 0 Å². The van der Waals surface area contributed by atoms with Crippen LogP contribution in [0.2, 0.25) is 0 Å². The van der Waals surface area contributed by atoms with Gasteiger partial charge < -0.3 is 29.8 Å². The highest BCUT2D eigenvalue weighted by Gasteiger charge is 2.39. The minimum atomic E-state index is -0.392. The molecule has 6 heteroatoms. The lowest BCUT2D eigenvalue weighted by molar-refractivity contribution is -0.281. The minimum Gasteiger partial charge on any atom is -0.379 e. The highest BCUT2D eigenvalue weighted by Crippen LogP contribution is 2.30. The van der Waals surface area contributed by atoms with Crippen molar-refractivity contribution in [1.29, 1.82) is 10.8 Å². The Bertz CT molecular complexity index is 663. The first-order valence-electron chi connectivity index (χ1n) is 9.10. The Hall–Kier alpha value is -1.60. The fourth-order valence-corrected chi connectivity index (χ4v) is 3.80. The molecular formula is C20H28N2O4. The van der Waals surface area contributed by atoms with Crippen LogP contribution < -0.4 is 0 Å². The zero-order chi connectivity index (χ0) is 18.7. The van der Waals surface area contributed by atoms with Crippen LogP contribution in [0.4, 0.5) is 0 Å². The van der Waals surface area contributed by atoms with Gasteiger partial charge >= 0.3 is 0 Å². The maximum atomic E-state index is 8.03. The van der Waals surface area contributed by atoms with Crippen LogP contribution in [0.25, 0.3) is 0 Å². The van der Waals surface area contributed by atoms with Crippen molar-refractivity contribution in [2.45, 2.75) is 63.3 Å². The maximum Gasteiger partial charge on any atom is 0.184 e. The number of nitrogens with one attached hydrogen (secondary N) is 2. The second-order valence-corrected chi connectivity index (χ2v) is 7.03. The predicted molar refractivity (Wildman–Crippen MR) is 99.5 cm³/mol. The summed E-state index contributed by atoms with van der Waals surface area (Å²) in [5, 5.41) is 15.2. The highest BCUT2D eigenvalue weighted by atomic mass is 16.7. The molecule has 142 valence electrons. The Morgan fingerprint density at radius 2 is 1.92 bits per heavy atom. The first-order valence-corrected chi connectivity index (χ1v) is 9.10. The van der Waals surface area contributed by atoms with E-state index in [4.69, 9.17) is 29.8 Å². The normalized spacial score (nSPS) is 30.8. The number of methoxy groups -OCH3 is 2. The molecule has 0 spiro atoms. The number of benzene rings is 1. The lowest BCUT2D eigenvalue weighted by Crippen LogP contribution is -2.49. The number of hydrogen-bond donors (Lipinski definition) is 2. The van der Waals surface area contributed by atoms with Gasteiger partial charge in [0.1, 0.15) is 6.10 Å². The molecule has 2 aliphatic rings. The minimum absolute atomic E-state index is 0.0167. The lowest BCUT2D eigenvalue weighted by Gasteiger charge is -2.39. The van der Waals surface area contributed by atoms with Crippen molar-refractivity contribution in [3.63, 3.8) is 0 Å². The molecule has 1 heterocycles. The van der Waals surface area contributed by atoms with Gasteiger partial charge in [0, 0.05) is 39.0 Å². The summed E-state index contributed by atoms with van der Waals surface area (Å²) in [5.41, 5.74) is 3.83. The summed E-state index contributed by atoms with van der Waals surface area (Å²) in [6, 6.07) is 6.10. The number of hydrogen-bond acceptors (Lipinski definition) is 6. The zero-order valence-electron chi connectivity index (χ0n) is 15.7. The molecule has 1 saturated heterocycles. The summed E-state index contributed by atoms with van der Waals surface area (Å²) in [4.78, 5) is 0. The number of fused-ring (bicyclic) bond motifs is 1. The standard InChI is InChI=1S/C20H28N2O4/c1-12-18(23-2)11-19(24-3)20(25-12)26-16-9-13-4-5-14(8-15(13)10-16)17(22)6-7-21/h4-5,7-8,12,16,18-22H,6,9-11H2,1-3H3. The summed E-state index contributed by atoms with van der Waals surface area (Å²) < 4.78 is 23.3. The van der Waals surface area contributed by atoms with E-state index in [1.807, 2.05) is 13.0 Å². The van der Waals surface area contributed by atoms with Crippen LogP contribution >= 0.6 is 0 Å². The Labute approximate surface area is 154 Å². The topological polar surface area (TPSA) is 84.6 Å². The van der Waals surface area contributed by atoms with E-state index < -0.39 is 6.29 Å². The molecule has 0 aromatic heterocycles. The van der Waals surface area contributed by atoms with Gasteiger partial charge in [-0.3, -0.25) is 0 Å². The van der Waals surface area contributed by atoms with E-state index in [0.29, 0.717) is 12.1 Å². The Morgan fingerprint density at radius 3 is 2.62 bits per heavy atom. The summed E-state index contributed by atoms with van der Waals surface area (Å²) in [7, 11) is 3.37. The van der Waals surface area contributed by atoms with Gasteiger partial charge in [-0.05, 0) is 42.5 Å². The van der Waals surface area contributed by atoms with Crippen molar-refractivity contribution >= 4 is 11.9 Å². The maximum absolute atomic E-state index is 8.03. The SMILES string of the molecule is COC1CC(OC)C(OC2Cc3ccc(C(=N)CC=N)cc3C2)OC1C. The van der Waals surface area contributed by atoms with Crippen LogP contribution in [0.15, 0.2) is 18.2 Å². The van der Waals surface area contributed by atoms with E-state index >= 15 is 0 Å². The molecule has 1 aliphatic carbocycles. The molecular weight excluding hydrogens is 332 g/mol. The molecule has 0 bridgehead atoms. The first kappa shape index (κ1) is 19.2.